The lowest BCUT2D eigenvalue weighted by molar-refractivity contribution is 0.0773. The van der Waals surface area contributed by atoms with Gasteiger partial charge in [-0.05, 0) is 32.0 Å². The molecule has 19 heavy (non-hydrogen) atoms. The third-order valence-corrected chi connectivity index (χ3v) is 3.06. The standard InChI is InChI=1S/C15H16FNO2/c1-3-17(4-2)15(18)12-9-10-19-14(12)11-7-5-6-8-13(11)16/h5-10H,3-4H2,1-2H3. The van der Waals surface area contributed by atoms with E-state index >= 15 is 0 Å². The minimum absolute atomic E-state index is 0.142. The molecule has 0 bridgehead atoms. The van der Waals surface area contributed by atoms with E-state index in [0.29, 0.717) is 24.2 Å². The van der Waals surface area contributed by atoms with Gasteiger partial charge in [-0.1, -0.05) is 12.1 Å². The highest BCUT2D eigenvalue weighted by molar-refractivity contribution is 5.99. The van der Waals surface area contributed by atoms with E-state index in [1.165, 1.54) is 12.3 Å². The van der Waals surface area contributed by atoms with Gasteiger partial charge in [-0.3, -0.25) is 4.79 Å². The lowest BCUT2D eigenvalue weighted by atomic mass is 10.1. The summed E-state index contributed by atoms with van der Waals surface area (Å²) >= 11 is 0. The summed E-state index contributed by atoms with van der Waals surface area (Å²) in [5.41, 5.74) is 0.705. The largest absolute Gasteiger partial charge is 0.463 e. The zero-order valence-corrected chi connectivity index (χ0v) is 11.0. The van der Waals surface area contributed by atoms with Crippen LogP contribution in [0.25, 0.3) is 11.3 Å². The van der Waals surface area contributed by atoms with Crippen LogP contribution in [-0.2, 0) is 0 Å². The number of carbonyl (C=O) groups excluding carboxylic acids is 1. The summed E-state index contributed by atoms with van der Waals surface area (Å²) in [6.07, 6.45) is 1.42. The van der Waals surface area contributed by atoms with Gasteiger partial charge in [0.1, 0.15) is 11.6 Å². The maximum atomic E-state index is 13.8. The molecule has 0 spiro atoms. The van der Waals surface area contributed by atoms with Crippen molar-refractivity contribution in [2.45, 2.75) is 13.8 Å². The monoisotopic (exact) mass is 261 g/mol. The molecule has 2 aromatic rings. The minimum Gasteiger partial charge on any atom is -0.463 e. The molecule has 4 heteroatoms. The van der Waals surface area contributed by atoms with Crippen LogP contribution in [0.5, 0.6) is 0 Å². The van der Waals surface area contributed by atoms with Crippen LogP contribution in [0, 0.1) is 5.82 Å². The number of furan rings is 1. The second-order valence-corrected chi connectivity index (χ2v) is 4.12. The van der Waals surface area contributed by atoms with Crippen LogP contribution in [0.1, 0.15) is 24.2 Å². The van der Waals surface area contributed by atoms with Crippen LogP contribution >= 0.6 is 0 Å². The molecule has 0 aliphatic rings. The van der Waals surface area contributed by atoms with Gasteiger partial charge in [0, 0.05) is 13.1 Å². The van der Waals surface area contributed by atoms with Crippen LogP contribution in [0.2, 0.25) is 0 Å². The average Bonchev–Trinajstić information content (AvgIpc) is 2.89. The van der Waals surface area contributed by atoms with Gasteiger partial charge in [0.05, 0.1) is 17.4 Å². The highest BCUT2D eigenvalue weighted by atomic mass is 19.1. The number of nitrogens with zero attached hydrogens (tertiary/aromatic N) is 1. The lowest BCUT2D eigenvalue weighted by Crippen LogP contribution is -2.30. The topological polar surface area (TPSA) is 33.5 Å². The van der Waals surface area contributed by atoms with Crippen LogP contribution < -0.4 is 0 Å². The molecule has 0 radical (unpaired) electrons. The average molecular weight is 261 g/mol. The molecule has 1 aromatic carbocycles. The summed E-state index contributed by atoms with van der Waals surface area (Å²) in [6, 6.07) is 7.86. The Bertz CT molecular complexity index is 573. The summed E-state index contributed by atoms with van der Waals surface area (Å²) in [5.74, 6) is -0.252. The molecule has 0 unspecified atom stereocenters. The van der Waals surface area contributed by atoms with Crippen molar-refractivity contribution in [1.29, 1.82) is 0 Å². The summed E-state index contributed by atoms with van der Waals surface area (Å²) < 4.78 is 19.1. The maximum Gasteiger partial charge on any atom is 0.257 e. The van der Waals surface area contributed by atoms with E-state index < -0.39 is 5.82 Å². The molecule has 0 saturated carbocycles. The highest BCUT2D eigenvalue weighted by Crippen LogP contribution is 2.28. The van der Waals surface area contributed by atoms with Crippen LogP contribution in [0.3, 0.4) is 0 Å². The molecule has 0 aliphatic carbocycles. The number of rotatable bonds is 4. The van der Waals surface area contributed by atoms with Gasteiger partial charge < -0.3 is 9.32 Å². The van der Waals surface area contributed by atoms with Crippen molar-refractivity contribution in [2.75, 3.05) is 13.1 Å². The Labute approximate surface area is 111 Å². The second kappa shape index (κ2) is 5.69. The number of benzene rings is 1. The Kier molecular flexibility index (Phi) is 4.00. The molecule has 3 nitrogen and oxygen atoms in total. The van der Waals surface area contributed by atoms with E-state index in [1.807, 2.05) is 13.8 Å². The SMILES string of the molecule is CCN(CC)C(=O)c1ccoc1-c1ccccc1F. The highest BCUT2D eigenvalue weighted by Gasteiger charge is 2.21. The predicted octanol–water partition coefficient (Wildman–Crippen LogP) is 3.57. The van der Waals surface area contributed by atoms with E-state index in [4.69, 9.17) is 4.42 Å². The molecule has 1 amide bonds. The first-order chi connectivity index (χ1) is 9.19. The first kappa shape index (κ1) is 13.3. The van der Waals surface area contributed by atoms with Gasteiger partial charge in [-0.25, -0.2) is 4.39 Å². The third-order valence-electron chi connectivity index (χ3n) is 3.06. The third kappa shape index (κ3) is 2.52. The van der Waals surface area contributed by atoms with Crippen LogP contribution in [0.4, 0.5) is 4.39 Å². The maximum absolute atomic E-state index is 13.8. The van der Waals surface area contributed by atoms with Gasteiger partial charge in [-0.15, -0.1) is 0 Å². The van der Waals surface area contributed by atoms with Crippen molar-refractivity contribution in [1.82, 2.24) is 4.90 Å². The number of halogens is 1. The molecule has 2 rings (SSSR count). The van der Waals surface area contributed by atoms with E-state index in [-0.39, 0.29) is 11.7 Å². The number of hydrogen-bond donors (Lipinski definition) is 0. The molecule has 0 fully saturated rings. The zero-order chi connectivity index (χ0) is 13.8. The van der Waals surface area contributed by atoms with Crippen LogP contribution in [-0.4, -0.2) is 23.9 Å². The predicted molar refractivity (Wildman–Crippen MR) is 71.4 cm³/mol. The summed E-state index contributed by atoms with van der Waals surface area (Å²) in [6.45, 7) is 5.03. The fourth-order valence-electron chi connectivity index (χ4n) is 2.01. The minimum atomic E-state index is -0.397. The Hall–Kier alpha value is -2.10. The fourth-order valence-corrected chi connectivity index (χ4v) is 2.01. The first-order valence-electron chi connectivity index (χ1n) is 6.30. The van der Waals surface area contributed by atoms with Gasteiger partial charge in [0.15, 0.2) is 0 Å². The molecule has 0 aliphatic heterocycles. The quantitative estimate of drug-likeness (QED) is 0.843. The zero-order valence-electron chi connectivity index (χ0n) is 11.0. The summed E-state index contributed by atoms with van der Waals surface area (Å²) in [4.78, 5) is 14.0. The molecule has 100 valence electrons. The molecule has 1 heterocycles. The smallest absolute Gasteiger partial charge is 0.257 e. The van der Waals surface area contributed by atoms with Gasteiger partial charge in [0.25, 0.3) is 5.91 Å². The van der Waals surface area contributed by atoms with Gasteiger partial charge in [0.2, 0.25) is 0 Å². The summed E-state index contributed by atoms with van der Waals surface area (Å²) in [7, 11) is 0. The van der Waals surface area contributed by atoms with E-state index in [9.17, 15) is 9.18 Å². The molecular formula is C15H16FNO2. The molecule has 1 aromatic heterocycles. The van der Waals surface area contributed by atoms with Crippen molar-refractivity contribution >= 4 is 5.91 Å². The normalized spacial score (nSPS) is 10.5. The van der Waals surface area contributed by atoms with Gasteiger partial charge >= 0.3 is 0 Å². The van der Waals surface area contributed by atoms with E-state index in [2.05, 4.69) is 0 Å². The molecule has 0 N–H and O–H groups in total. The summed E-state index contributed by atoms with van der Waals surface area (Å²) in [5, 5.41) is 0. The van der Waals surface area contributed by atoms with Crippen molar-refractivity contribution < 1.29 is 13.6 Å². The van der Waals surface area contributed by atoms with Crippen molar-refractivity contribution in [3.63, 3.8) is 0 Å². The molecular weight excluding hydrogens is 245 g/mol. The Morgan fingerprint density at radius 3 is 2.53 bits per heavy atom. The number of amides is 1. The van der Waals surface area contributed by atoms with Crippen LogP contribution in [0.15, 0.2) is 41.0 Å². The molecule has 0 saturated heterocycles. The first-order valence-corrected chi connectivity index (χ1v) is 6.30. The van der Waals surface area contributed by atoms with Crippen molar-refractivity contribution in [3.05, 3.63) is 48.0 Å². The number of carbonyl (C=O) groups is 1. The fraction of sp³-hybridized carbons (Fsp3) is 0.267. The van der Waals surface area contributed by atoms with E-state index in [0.717, 1.165) is 0 Å². The van der Waals surface area contributed by atoms with Gasteiger partial charge in [-0.2, -0.15) is 0 Å². The Morgan fingerprint density at radius 2 is 1.89 bits per heavy atom. The Morgan fingerprint density at radius 1 is 1.21 bits per heavy atom. The van der Waals surface area contributed by atoms with Crippen molar-refractivity contribution in [3.8, 4) is 11.3 Å². The van der Waals surface area contributed by atoms with E-state index in [1.54, 1.807) is 29.2 Å². The second-order valence-electron chi connectivity index (χ2n) is 4.12. The lowest BCUT2D eigenvalue weighted by Gasteiger charge is -2.18. The number of hydrogen-bond acceptors (Lipinski definition) is 2. The molecule has 0 atom stereocenters. The van der Waals surface area contributed by atoms with Crippen molar-refractivity contribution in [2.24, 2.45) is 0 Å². The Balaban J connectivity index is 2.44.